The van der Waals surface area contributed by atoms with Crippen LogP contribution in [0.5, 0.6) is 0 Å². The summed E-state index contributed by atoms with van der Waals surface area (Å²) in [5.74, 6) is 0.365. The zero-order valence-electron chi connectivity index (χ0n) is 12.0. The number of anilines is 2. The molecule has 6 heteroatoms. The average Bonchev–Trinajstić information content (AvgIpc) is 2.82. The highest BCUT2D eigenvalue weighted by Gasteiger charge is 2.08. The molecule has 0 radical (unpaired) electrons. The summed E-state index contributed by atoms with van der Waals surface area (Å²) in [6, 6.07) is 7.66. The first-order valence-electron chi connectivity index (χ1n) is 6.77. The number of hydrogen-bond acceptors (Lipinski definition) is 4. The van der Waals surface area contributed by atoms with E-state index in [9.17, 15) is 4.79 Å². The first-order valence-corrected chi connectivity index (χ1v) is 7.97. The summed E-state index contributed by atoms with van der Waals surface area (Å²) < 4.78 is 0.533. The van der Waals surface area contributed by atoms with Crippen LogP contribution in [0.25, 0.3) is 0 Å². The van der Waals surface area contributed by atoms with Gasteiger partial charge < -0.3 is 10.6 Å². The summed E-state index contributed by atoms with van der Waals surface area (Å²) in [4.78, 5) is 16.9. The number of nitrogens with one attached hydrogen (secondary N) is 2. The van der Waals surface area contributed by atoms with Crippen LogP contribution in [0.4, 0.5) is 11.4 Å². The largest absolute Gasteiger partial charge is 0.378 e. The Morgan fingerprint density at radius 2 is 2.05 bits per heavy atom. The zero-order chi connectivity index (χ0) is 15.2. The number of rotatable bonds is 6. The van der Waals surface area contributed by atoms with Crippen LogP contribution < -0.4 is 10.6 Å². The number of thiazole rings is 1. The third-order valence-electron chi connectivity index (χ3n) is 2.77. The highest BCUT2D eigenvalue weighted by molar-refractivity contribution is 7.15. The maximum atomic E-state index is 11.9. The molecular weight excluding hydrogens is 306 g/mol. The summed E-state index contributed by atoms with van der Waals surface area (Å²) in [7, 11) is 0. The Balaban J connectivity index is 2.01. The molecule has 2 aromatic rings. The lowest BCUT2D eigenvalue weighted by Gasteiger charge is -2.13. The van der Waals surface area contributed by atoms with E-state index < -0.39 is 0 Å². The Morgan fingerprint density at radius 3 is 2.67 bits per heavy atom. The molecule has 21 heavy (non-hydrogen) atoms. The van der Waals surface area contributed by atoms with E-state index >= 15 is 0 Å². The van der Waals surface area contributed by atoms with Gasteiger partial charge in [-0.05, 0) is 18.1 Å². The van der Waals surface area contributed by atoms with Crippen molar-refractivity contribution in [3.8, 4) is 0 Å². The number of para-hydroxylation sites is 2. The molecule has 0 saturated carbocycles. The minimum atomic E-state index is 0.0279. The predicted octanol–water partition coefficient (Wildman–Crippen LogP) is 4.39. The third kappa shape index (κ3) is 5.02. The highest BCUT2D eigenvalue weighted by atomic mass is 35.5. The average molecular weight is 324 g/mol. The fourth-order valence-electron chi connectivity index (χ4n) is 1.87. The van der Waals surface area contributed by atoms with Crippen molar-refractivity contribution in [2.24, 2.45) is 5.92 Å². The lowest BCUT2D eigenvalue weighted by molar-refractivity contribution is -0.116. The Bertz CT molecular complexity index is 612. The van der Waals surface area contributed by atoms with E-state index in [1.807, 2.05) is 38.1 Å². The molecule has 0 spiro atoms. The summed E-state index contributed by atoms with van der Waals surface area (Å²) >= 11 is 7.25. The molecule has 0 bridgehead atoms. The van der Waals surface area contributed by atoms with Crippen molar-refractivity contribution >= 4 is 40.2 Å². The fraction of sp³-hybridized carbons (Fsp3) is 0.333. The molecule has 0 saturated heterocycles. The van der Waals surface area contributed by atoms with Crippen LogP contribution in [-0.4, -0.2) is 10.9 Å². The standard InChI is InChI=1S/C15H18ClN3OS/c1-10(2)7-14(20)19-13-6-4-3-5-12(13)17-8-11-9-18-15(16)21-11/h3-6,9-10,17H,7-8H2,1-2H3,(H,19,20). The molecule has 0 unspecified atom stereocenters. The molecule has 1 heterocycles. The monoisotopic (exact) mass is 323 g/mol. The van der Waals surface area contributed by atoms with Crippen molar-refractivity contribution in [3.63, 3.8) is 0 Å². The van der Waals surface area contributed by atoms with Gasteiger partial charge in [0, 0.05) is 17.5 Å². The van der Waals surface area contributed by atoms with E-state index in [4.69, 9.17) is 11.6 Å². The van der Waals surface area contributed by atoms with E-state index in [0.29, 0.717) is 23.4 Å². The first kappa shape index (κ1) is 15.8. The minimum Gasteiger partial charge on any atom is -0.378 e. The Hall–Kier alpha value is -1.59. The molecule has 1 aromatic heterocycles. The van der Waals surface area contributed by atoms with E-state index in [0.717, 1.165) is 16.3 Å². The van der Waals surface area contributed by atoms with Crippen LogP contribution >= 0.6 is 22.9 Å². The summed E-state index contributed by atoms with van der Waals surface area (Å²) in [6.45, 7) is 4.68. The third-order valence-corrected chi connectivity index (χ3v) is 3.89. The molecule has 0 aliphatic carbocycles. The molecule has 2 N–H and O–H groups in total. The van der Waals surface area contributed by atoms with E-state index in [1.165, 1.54) is 11.3 Å². The molecule has 0 aliphatic heterocycles. The van der Waals surface area contributed by atoms with Gasteiger partial charge in [-0.15, -0.1) is 11.3 Å². The zero-order valence-corrected chi connectivity index (χ0v) is 13.6. The first-order chi connectivity index (χ1) is 10.0. The van der Waals surface area contributed by atoms with Gasteiger partial charge >= 0.3 is 0 Å². The van der Waals surface area contributed by atoms with Gasteiger partial charge in [0.2, 0.25) is 5.91 Å². The van der Waals surface area contributed by atoms with Crippen LogP contribution in [0.1, 0.15) is 25.1 Å². The van der Waals surface area contributed by atoms with Gasteiger partial charge in [-0.2, -0.15) is 0 Å². The van der Waals surface area contributed by atoms with Crippen LogP contribution in [0, 0.1) is 5.92 Å². The number of carbonyl (C=O) groups is 1. The number of hydrogen-bond donors (Lipinski definition) is 2. The van der Waals surface area contributed by atoms with E-state index in [1.54, 1.807) is 6.20 Å². The molecular formula is C15H18ClN3OS. The van der Waals surface area contributed by atoms with Gasteiger partial charge in [-0.1, -0.05) is 37.6 Å². The molecule has 0 aliphatic rings. The molecule has 0 fully saturated rings. The summed E-state index contributed by atoms with van der Waals surface area (Å²) in [5.41, 5.74) is 1.68. The SMILES string of the molecule is CC(C)CC(=O)Nc1ccccc1NCc1cnc(Cl)s1. The van der Waals surface area contributed by atoms with E-state index in [2.05, 4.69) is 15.6 Å². The number of amides is 1. The van der Waals surface area contributed by atoms with Gasteiger partial charge in [0.25, 0.3) is 0 Å². The minimum absolute atomic E-state index is 0.0279. The van der Waals surface area contributed by atoms with Crippen LogP contribution in [0.3, 0.4) is 0 Å². The summed E-state index contributed by atoms with van der Waals surface area (Å²) in [6.07, 6.45) is 2.26. The highest BCUT2D eigenvalue weighted by Crippen LogP contribution is 2.24. The van der Waals surface area contributed by atoms with Crippen molar-refractivity contribution in [3.05, 3.63) is 39.8 Å². The van der Waals surface area contributed by atoms with E-state index in [-0.39, 0.29) is 5.91 Å². The number of carbonyl (C=O) groups excluding carboxylic acids is 1. The number of aromatic nitrogens is 1. The lowest BCUT2D eigenvalue weighted by atomic mass is 10.1. The molecule has 1 aromatic carbocycles. The van der Waals surface area contributed by atoms with Gasteiger partial charge in [-0.3, -0.25) is 4.79 Å². The molecule has 0 atom stereocenters. The molecule has 1 amide bonds. The van der Waals surface area contributed by atoms with Crippen molar-refractivity contribution < 1.29 is 4.79 Å². The van der Waals surface area contributed by atoms with Crippen LogP contribution in [0.2, 0.25) is 4.47 Å². The maximum Gasteiger partial charge on any atom is 0.224 e. The Morgan fingerprint density at radius 1 is 1.33 bits per heavy atom. The quantitative estimate of drug-likeness (QED) is 0.828. The van der Waals surface area contributed by atoms with Crippen molar-refractivity contribution in [2.75, 3.05) is 10.6 Å². The van der Waals surface area contributed by atoms with Crippen molar-refractivity contribution in [1.82, 2.24) is 4.98 Å². The van der Waals surface area contributed by atoms with Crippen molar-refractivity contribution in [1.29, 1.82) is 0 Å². The predicted molar refractivity (Wildman–Crippen MR) is 89.0 cm³/mol. The number of nitrogens with zero attached hydrogens (tertiary/aromatic N) is 1. The Kier molecular flexibility index (Phi) is 5.59. The lowest BCUT2D eigenvalue weighted by Crippen LogP contribution is -2.15. The molecule has 4 nitrogen and oxygen atoms in total. The molecule has 112 valence electrons. The van der Waals surface area contributed by atoms with Gasteiger partial charge in [0.05, 0.1) is 17.9 Å². The maximum absolute atomic E-state index is 11.9. The second kappa shape index (κ2) is 7.43. The fourth-order valence-corrected chi connectivity index (χ4v) is 2.78. The second-order valence-corrected chi connectivity index (χ2v) is 6.82. The summed E-state index contributed by atoms with van der Waals surface area (Å²) in [5, 5.41) is 6.24. The number of halogens is 1. The van der Waals surface area contributed by atoms with Crippen LogP contribution in [0.15, 0.2) is 30.5 Å². The van der Waals surface area contributed by atoms with Gasteiger partial charge in [0.1, 0.15) is 0 Å². The van der Waals surface area contributed by atoms with Crippen LogP contribution in [-0.2, 0) is 11.3 Å². The normalized spacial score (nSPS) is 10.7. The van der Waals surface area contributed by atoms with Gasteiger partial charge in [-0.25, -0.2) is 4.98 Å². The molecule has 2 rings (SSSR count). The topological polar surface area (TPSA) is 54.0 Å². The van der Waals surface area contributed by atoms with Crippen molar-refractivity contribution in [2.45, 2.75) is 26.8 Å². The smallest absolute Gasteiger partial charge is 0.224 e. The van der Waals surface area contributed by atoms with Gasteiger partial charge in [0.15, 0.2) is 4.47 Å². The number of benzene rings is 1. The Labute approximate surface area is 133 Å². The second-order valence-electron chi connectivity index (χ2n) is 5.12.